The normalized spacial score (nSPS) is 28.8. The summed E-state index contributed by atoms with van der Waals surface area (Å²) < 4.78 is 23.3. The van der Waals surface area contributed by atoms with E-state index in [1.807, 2.05) is 0 Å². The molecule has 21 heavy (non-hydrogen) atoms. The van der Waals surface area contributed by atoms with Gasteiger partial charge in [0.2, 0.25) is 0 Å². The van der Waals surface area contributed by atoms with Crippen molar-refractivity contribution in [2.75, 3.05) is 40.3 Å². The Morgan fingerprint density at radius 2 is 2.05 bits per heavy atom. The van der Waals surface area contributed by atoms with Crippen LogP contribution in [0.3, 0.4) is 0 Å². The van der Waals surface area contributed by atoms with Gasteiger partial charge in [-0.2, -0.15) is 4.98 Å². The number of ether oxygens (including phenoxy) is 4. The molecule has 2 rings (SSSR count). The molecular formula is C13H21N3O5. The van der Waals surface area contributed by atoms with Crippen LogP contribution in [0.1, 0.15) is 6.23 Å². The van der Waals surface area contributed by atoms with Gasteiger partial charge in [-0.3, -0.25) is 4.57 Å². The van der Waals surface area contributed by atoms with Gasteiger partial charge in [0, 0.05) is 34.6 Å². The molecule has 1 saturated heterocycles. The summed E-state index contributed by atoms with van der Waals surface area (Å²) in [5.74, 6) is 0.500. The third kappa shape index (κ3) is 3.08. The second-order valence-corrected chi connectivity index (χ2v) is 4.67. The molecule has 0 radical (unpaired) electrons. The van der Waals surface area contributed by atoms with Crippen molar-refractivity contribution in [2.45, 2.75) is 24.5 Å². The number of nitrogens with one attached hydrogen (secondary N) is 1. The van der Waals surface area contributed by atoms with E-state index in [2.05, 4.69) is 10.3 Å². The fraction of sp³-hybridized carbons (Fsp3) is 0.692. The van der Waals surface area contributed by atoms with Gasteiger partial charge >= 0.3 is 5.69 Å². The maximum absolute atomic E-state index is 12.1. The predicted molar refractivity (Wildman–Crippen MR) is 75.4 cm³/mol. The van der Waals surface area contributed by atoms with Crippen LogP contribution in [0.4, 0.5) is 5.82 Å². The maximum Gasteiger partial charge on any atom is 0.351 e. The molecule has 2 unspecified atom stereocenters. The quantitative estimate of drug-likeness (QED) is 0.782. The summed E-state index contributed by atoms with van der Waals surface area (Å²) >= 11 is 0. The lowest BCUT2D eigenvalue weighted by atomic mass is 10.1. The molecule has 8 nitrogen and oxygen atoms in total. The van der Waals surface area contributed by atoms with Gasteiger partial charge in [-0.1, -0.05) is 0 Å². The first-order valence-electron chi connectivity index (χ1n) is 6.63. The molecule has 2 heterocycles. The molecular weight excluding hydrogens is 278 g/mol. The van der Waals surface area contributed by atoms with Crippen LogP contribution in [0.2, 0.25) is 0 Å². The molecule has 0 saturated carbocycles. The highest BCUT2D eigenvalue weighted by molar-refractivity contribution is 5.30. The number of aromatic nitrogens is 2. The second-order valence-electron chi connectivity index (χ2n) is 4.67. The van der Waals surface area contributed by atoms with Crippen LogP contribution in [0, 0.1) is 0 Å². The zero-order valence-electron chi connectivity index (χ0n) is 12.6. The first-order chi connectivity index (χ1) is 10.2. The lowest BCUT2D eigenvalue weighted by Crippen LogP contribution is -2.38. The molecule has 0 aromatic carbocycles. The Balaban J connectivity index is 2.31. The number of methoxy groups -OCH3 is 3. The van der Waals surface area contributed by atoms with Gasteiger partial charge in [-0.15, -0.1) is 0 Å². The van der Waals surface area contributed by atoms with Gasteiger partial charge in [0.1, 0.15) is 24.1 Å². The highest BCUT2D eigenvalue weighted by Gasteiger charge is 2.46. The van der Waals surface area contributed by atoms with E-state index < -0.39 is 18.0 Å². The minimum Gasteiger partial charge on any atom is -0.382 e. The fourth-order valence-electron chi connectivity index (χ4n) is 2.51. The van der Waals surface area contributed by atoms with Crippen LogP contribution >= 0.6 is 0 Å². The lowest BCUT2D eigenvalue weighted by molar-refractivity contribution is -0.0672. The summed E-state index contributed by atoms with van der Waals surface area (Å²) in [6.45, 7) is 0.353. The molecule has 1 N–H and O–H groups in total. The highest BCUT2D eigenvalue weighted by atomic mass is 16.6. The van der Waals surface area contributed by atoms with E-state index in [4.69, 9.17) is 18.9 Å². The molecule has 1 aliphatic rings. The second kappa shape index (κ2) is 6.99. The number of hydrogen-bond donors (Lipinski definition) is 1. The molecule has 1 fully saturated rings. The van der Waals surface area contributed by atoms with Crippen LogP contribution in [0.25, 0.3) is 0 Å². The Labute approximate surface area is 123 Å². The van der Waals surface area contributed by atoms with Gasteiger partial charge < -0.3 is 24.3 Å². The summed E-state index contributed by atoms with van der Waals surface area (Å²) in [7, 11) is 6.42. The minimum absolute atomic E-state index is 0.314. The van der Waals surface area contributed by atoms with E-state index in [0.29, 0.717) is 12.4 Å². The Kier molecular flexibility index (Phi) is 5.29. The van der Waals surface area contributed by atoms with Crippen LogP contribution < -0.4 is 11.0 Å². The summed E-state index contributed by atoms with van der Waals surface area (Å²) in [4.78, 5) is 16.0. The average molecular weight is 299 g/mol. The minimum atomic E-state index is -0.606. The van der Waals surface area contributed by atoms with Gasteiger partial charge in [-0.25, -0.2) is 4.79 Å². The molecule has 0 spiro atoms. The standard InChI is InChI=1S/C13H21N3O5/c1-14-9-5-6-16(13(17)15-9)12-11(20-4)10(19-3)8(21-12)7-18-2/h5-6,8,10-12H,7H2,1-4H3,(H,14,15,17)/t8-,10?,11?,12-/m1/s1. The topological polar surface area (TPSA) is 83.8 Å². The van der Waals surface area contributed by atoms with Crippen LogP contribution in [-0.4, -0.2) is 62.8 Å². The van der Waals surface area contributed by atoms with E-state index >= 15 is 0 Å². The molecule has 8 heteroatoms. The highest BCUT2D eigenvalue weighted by Crippen LogP contribution is 2.32. The van der Waals surface area contributed by atoms with Crippen LogP contribution in [-0.2, 0) is 18.9 Å². The monoisotopic (exact) mass is 299 g/mol. The first-order valence-corrected chi connectivity index (χ1v) is 6.63. The number of rotatable bonds is 6. The van der Waals surface area contributed by atoms with E-state index in [1.54, 1.807) is 40.6 Å². The van der Waals surface area contributed by atoms with Gasteiger partial charge in [-0.05, 0) is 6.07 Å². The number of nitrogens with zero attached hydrogens (tertiary/aromatic N) is 2. The van der Waals surface area contributed by atoms with Crippen molar-refractivity contribution in [1.82, 2.24) is 9.55 Å². The Morgan fingerprint density at radius 3 is 2.57 bits per heavy atom. The maximum atomic E-state index is 12.1. The van der Waals surface area contributed by atoms with E-state index in [0.717, 1.165) is 0 Å². The molecule has 0 amide bonds. The zero-order valence-corrected chi connectivity index (χ0v) is 12.6. The molecule has 0 aliphatic carbocycles. The zero-order chi connectivity index (χ0) is 15.4. The summed E-state index contributed by atoms with van der Waals surface area (Å²) in [6.07, 6.45) is -0.0394. The van der Waals surface area contributed by atoms with Gasteiger partial charge in [0.05, 0.1) is 6.61 Å². The van der Waals surface area contributed by atoms with Crippen molar-refractivity contribution in [1.29, 1.82) is 0 Å². The summed E-state index contributed by atoms with van der Waals surface area (Å²) in [5.41, 5.74) is -0.415. The molecule has 1 aromatic rings. The van der Waals surface area contributed by atoms with E-state index in [9.17, 15) is 4.79 Å². The van der Waals surface area contributed by atoms with Crippen molar-refractivity contribution >= 4 is 5.82 Å². The smallest absolute Gasteiger partial charge is 0.351 e. The van der Waals surface area contributed by atoms with Crippen LogP contribution in [0.15, 0.2) is 17.1 Å². The van der Waals surface area contributed by atoms with Crippen molar-refractivity contribution in [3.8, 4) is 0 Å². The van der Waals surface area contributed by atoms with Crippen molar-refractivity contribution in [2.24, 2.45) is 0 Å². The Hall–Kier alpha value is -1.48. The van der Waals surface area contributed by atoms with E-state index in [1.165, 1.54) is 4.57 Å². The van der Waals surface area contributed by atoms with Crippen molar-refractivity contribution in [3.05, 3.63) is 22.7 Å². The predicted octanol–water partition coefficient (Wildman–Crippen LogP) is -0.141. The first kappa shape index (κ1) is 15.9. The van der Waals surface area contributed by atoms with Gasteiger partial charge in [0.15, 0.2) is 6.23 Å². The lowest BCUT2D eigenvalue weighted by Gasteiger charge is -2.22. The van der Waals surface area contributed by atoms with Crippen molar-refractivity contribution < 1.29 is 18.9 Å². The third-order valence-corrected chi connectivity index (χ3v) is 3.52. The van der Waals surface area contributed by atoms with E-state index in [-0.39, 0.29) is 12.2 Å². The van der Waals surface area contributed by atoms with Crippen LogP contribution in [0.5, 0.6) is 0 Å². The van der Waals surface area contributed by atoms with Gasteiger partial charge in [0.25, 0.3) is 0 Å². The molecule has 4 atom stereocenters. The molecule has 1 aliphatic heterocycles. The fourth-order valence-corrected chi connectivity index (χ4v) is 2.51. The largest absolute Gasteiger partial charge is 0.382 e. The SMILES string of the molecule is CNc1ccn([C@@H]2O[C@H](COC)C(OC)C2OC)c(=O)n1. The average Bonchev–Trinajstić information content (AvgIpc) is 2.84. The number of hydrogen-bond acceptors (Lipinski definition) is 7. The number of anilines is 1. The summed E-state index contributed by atoms with van der Waals surface area (Å²) in [6, 6.07) is 1.70. The molecule has 118 valence electrons. The summed E-state index contributed by atoms with van der Waals surface area (Å²) in [5, 5.41) is 2.82. The Bertz CT molecular complexity index is 521. The third-order valence-electron chi connectivity index (χ3n) is 3.52. The molecule has 1 aromatic heterocycles. The Morgan fingerprint density at radius 1 is 1.33 bits per heavy atom. The molecule has 0 bridgehead atoms. The van der Waals surface area contributed by atoms with Crippen molar-refractivity contribution in [3.63, 3.8) is 0 Å².